The fraction of sp³-hybridized carbons (Fsp3) is 0.952. The van der Waals surface area contributed by atoms with Crippen LogP contribution in [0.3, 0.4) is 0 Å². The quantitative estimate of drug-likeness (QED) is 0.814. The van der Waals surface area contributed by atoms with Crippen molar-refractivity contribution in [1.29, 1.82) is 0 Å². The number of carbonyl (C=O) groups excluding carboxylic acids is 1. The lowest BCUT2D eigenvalue weighted by Crippen LogP contribution is -2.49. The van der Waals surface area contributed by atoms with Crippen molar-refractivity contribution in [2.24, 2.45) is 17.1 Å². The van der Waals surface area contributed by atoms with Gasteiger partial charge in [0.2, 0.25) is 5.91 Å². The van der Waals surface area contributed by atoms with Crippen LogP contribution in [0.5, 0.6) is 0 Å². The first-order valence-corrected chi connectivity index (χ1v) is 10.9. The van der Waals surface area contributed by atoms with Gasteiger partial charge in [-0.1, -0.05) is 19.3 Å². The molecule has 0 aromatic heterocycles. The Labute approximate surface area is 159 Å². The van der Waals surface area contributed by atoms with Crippen molar-refractivity contribution in [3.63, 3.8) is 0 Å². The van der Waals surface area contributed by atoms with Gasteiger partial charge in [-0.05, 0) is 57.4 Å². The van der Waals surface area contributed by atoms with Crippen LogP contribution < -0.4 is 5.73 Å². The molecule has 1 amide bonds. The zero-order valence-electron chi connectivity index (χ0n) is 16.9. The molecule has 2 unspecified atom stereocenters. The lowest BCUT2D eigenvalue weighted by molar-refractivity contribution is -0.135. The van der Waals surface area contributed by atoms with Crippen LogP contribution in [-0.4, -0.2) is 67.2 Å². The molecule has 26 heavy (non-hydrogen) atoms. The summed E-state index contributed by atoms with van der Waals surface area (Å²) < 4.78 is 5.84. The molecular formula is C21H39N3O2. The minimum atomic E-state index is 0.0895. The number of carbonyl (C=O) groups is 1. The molecule has 2 saturated heterocycles. The normalized spacial score (nSPS) is 31.1. The molecule has 0 aromatic carbocycles. The first kappa shape index (κ1) is 20.1. The number of piperidine rings is 1. The van der Waals surface area contributed by atoms with E-state index in [9.17, 15) is 4.79 Å². The number of hydrogen-bond donors (Lipinski definition) is 1. The predicted octanol–water partition coefficient (Wildman–Crippen LogP) is 2.63. The van der Waals surface area contributed by atoms with Gasteiger partial charge in [0.05, 0.1) is 12.2 Å². The number of hydrogen-bond acceptors (Lipinski definition) is 4. The molecule has 0 spiro atoms. The summed E-state index contributed by atoms with van der Waals surface area (Å²) in [5.41, 5.74) is 6.17. The monoisotopic (exact) mass is 365 g/mol. The van der Waals surface area contributed by atoms with Gasteiger partial charge in [-0.25, -0.2) is 0 Å². The molecule has 5 heteroatoms. The molecule has 3 rings (SSSR count). The molecule has 3 fully saturated rings. The average molecular weight is 366 g/mol. The predicted molar refractivity (Wildman–Crippen MR) is 105 cm³/mol. The van der Waals surface area contributed by atoms with Gasteiger partial charge in [0, 0.05) is 39.1 Å². The maximum Gasteiger partial charge on any atom is 0.223 e. The molecule has 3 aliphatic rings. The highest BCUT2D eigenvalue weighted by Gasteiger charge is 2.35. The molecule has 1 saturated carbocycles. The Bertz CT molecular complexity index is 446. The van der Waals surface area contributed by atoms with Crippen LogP contribution in [-0.2, 0) is 9.53 Å². The average Bonchev–Trinajstić information content (AvgIpc) is 2.62. The van der Waals surface area contributed by atoms with E-state index in [4.69, 9.17) is 10.5 Å². The van der Waals surface area contributed by atoms with Crippen molar-refractivity contribution < 1.29 is 9.53 Å². The lowest BCUT2D eigenvalue weighted by atomic mass is 9.71. The van der Waals surface area contributed by atoms with Gasteiger partial charge in [0.15, 0.2) is 0 Å². The number of nitrogens with two attached hydrogens (primary N) is 1. The van der Waals surface area contributed by atoms with E-state index in [0.29, 0.717) is 31.1 Å². The summed E-state index contributed by atoms with van der Waals surface area (Å²) >= 11 is 0. The van der Waals surface area contributed by atoms with Crippen molar-refractivity contribution >= 4 is 5.91 Å². The van der Waals surface area contributed by atoms with E-state index in [-0.39, 0.29) is 5.41 Å². The van der Waals surface area contributed by atoms with Crippen LogP contribution in [0.1, 0.15) is 65.2 Å². The van der Waals surface area contributed by atoms with E-state index in [1.165, 1.54) is 19.3 Å². The number of rotatable bonds is 5. The molecule has 2 heterocycles. The number of amides is 1. The summed E-state index contributed by atoms with van der Waals surface area (Å²) in [6.07, 6.45) is 9.69. The summed E-state index contributed by atoms with van der Waals surface area (Å²) in [6.45, 7) is 10.1. The van der Waals surface area contributed by atoms with Crippen molar-refractivity contribution in [2.75, 3.05) is 39.3 Å². The van der Waals surface area contributed by atoms with Crippen molar-refractivity contribution in [2.45, 2.75) is 77.4 Å². The maximum atomic E-state index is 12.9. The molecule has 2 aliphatic heterocycles. The van der Waals surface area contributed by atoms with Crippen molar-refractivity contribution in [3.8, 4) is 0 Å². The van der Waals surface area contributed by atoms with Crippen LogP contribution in [0.4, 0.5) is 0 Å². The second-order valence-electron chi connectivity index (χ2n) is 9.24. The Kier molecular flexibility index (Phi) is 6.98. The molecule has 0 aromatic rings. The summed E-state index contributed by atoms with van der Waals surface area (Å²) in [5, 5.41) is 0. The zero-order valence-corrected chi connectivity index (χ0v) is 16.9. The molecule has 0 bridgehead atoms. The van der Waals surface area contributed by atoms with E-state index in [1.807, 2.05) is 0 Å². The van der Waals surface area contributed by atoms with Crippen molar-refractivity contribution in [3.05, 3.63) is 0 Å². The summed E-state index contributed by atoms with van der Waals surface area (Å²) in [6, 6.07) is 0. The first-order chi connectivity index (χ1) is 12.5. The maximum absolute atomic E-state index is 12.9. The number of nitrogens with zero attached hydrogens (tertiary/aromatic N) is 2. The Morgan fingerprint density at radius 1 is 1.08 bits per heavy atom. The largest absolute Gasteiger partial charge is 0.373 e. The van der Waals surface area contributed by atoms with Gasteiger partial charge in [0.1, 0.15) is 0 Å². The van der Waals surface area contributed by atoms with Crippen LogP contribution in [0.2, 0.25) is 0 Å². The minimum Gasteiger partial charge on any atom is -0.373 e. The second kappa shape index (κ2) is 9.03. The highest BCUT2D eigenvalue weighted by atomic mass is 16.5. The summed E-state index contributed by atoms with van der Waals surface area (Å²) in [4.78, 5) is 17.5. The molecule has 0 radical (unpaired) electrons. The number of likely N-dealkylation sites (tertiary alicyclic amines) is 1. The Morgan fingerprint density at radius 2 is 1.69 bits per heavy atom. The Balaban J connectivity index is 1.43. The third-order valence-corrected chi connectivity index (χ3v) is 6.85. The van der Waals surface area contributed by atoms with E-state index in [0.717, 1.165) is 64.3 Å². The molecule has 150 valence electrons. The zero-order chi connectivity index (χ0) is 18.6. The SMILES string of the molecule is CC1CN(CC2CCN(C(=O)CC3(CN)CCCCC3)CC2)CC(C)O1. The van der Waals surface area contributed by atoms with Crippen LogP contribution in [0.25, 0.3) is 0 Å². The molecule has 5 nitrogen and oxygen atoms in total. The standard InChI is InChI=1S/C21H39N3O2/c1-17-13-23(14-18(2)26-17)15-19-6-10-24(11-7-19)20(25)12-21(16-22)8-4-3-5-9-21/h17-19H,3-16,22H2,1-2H3. The van der Waals surface area contributed by atoms with Crippen LogP contribution in [0, 0.1) is 11.3 Å². The third-order valence-electron chi connectivity index (χ3n) is 6.85. The smallest absolute Gasteiger partial charge is 0.223 e. The lowest BCUT2D eigenvalue weighted by Gasteiger charge is -2.41. The van der Waals surface area contributed by atoms with Gasteiger partial charge >= 0.3 is 0 Å². The van der Waals surface area contributed by atoms with Crippen LogP contribution in [0.15, 0.2) is 0 Å². The topological polar surface area (TPSA) is 58.8 Å². The molecule has 1 aliphatic carbocycles. The first-order valence-electron chi connectivity index (χ1n) is 10.9. The molecular weight excluding hydrogens is 326 g/mol. The van der Waals surface area contributed by atoms with Gasteiger partial charge in [-0.3, -0.25) is 9.69 Å². The van der Waals surface area contributed by atoms with Gasteiger partial charge in [-0.15, -0.1) is 0 Å². The molecule has 2 atom stereocenters. The highest BCUT2D eigenvalue weighted by Crippen LogP contribution is 2.39. The van der Waals surface area contributed by atoms with Crippen molar-refractivity contribution in [1.82, 2.24) is 9.80 Å². The highest BCUT2D eigenvalue weighted by molar-refractivity contribution is 5.77. The fourth-order valence-electron chi connectivity index (χ4n) is 5.35. The van der Waals surface area contributed by atoms with Gasteiger partial charge in [0.25, 0.3) is 0 Å². The number of morpholine rings is 1. The summed E-state index contributed by atoms with van der Waals surface area (Å²) in [7, 11) is 0. The second-order valence-corrected chi connectivity index (χ2v) is 9.24. The van der Waals surface area contributed by atoms with E-state index >= 15 is 0 Å². The van der Waals surface area contributed by atoms with Gasteiger partial charge < -0.3 is 15.4 Å². The third kappa shape index (κ3) is 5.20. The van der Waals surface area contributed by atoms with Gasteiger partial charge in [-0.2, -0.15) is 0 Å². The molecule has 2 N–H and O–H groups in total. The Morgan fingerprint density at radius 3 is 2.27 bits per heavy atom. The Hall–Kier alpha value is -0.650. The minimum absolute atomic E-state index is 0.0895. The van der Waals surface area contributed by atoms with E-state index in [1.54, 1.807) is 0 Å². The fourth-order valence-corrected chi connectivity index (χ4v) is 5.35. The van der Waals surface area contributed by atoms with E-state index in [2.05, 4.69) is 23.6 Å². The number of ether oxygens (including phenoxy) is 1. The van der Waals surface area contributed by atoms with E-state index < -0.39 is 0 Å². The summed E-state index contributed by atoms with van der Waals surface area (Å²) in [5.74, 6) is 1.07. The van der Waals surface area contributed by atoms with Crippen LogP contribution >= 0.6 is 0 Å².